The second-order valence-electron chi connectivity index (χ2n) is 4.89. The van der Waals surface area contributed by atoms with Crippen molar-refractivity contribution in [3.63, 3.8) is 0 Å². The zero-order valence-electron chi connectivity index (χ0n) is 10.8. The summed E-state index contributed by atoms with van der Waals surface area (Å²) in [6.07, 6.45) is -1.35. The molecule has 0 bridgehead atoms. The summed E-state index contributed by atoms with van der Waals surface area (Å²) in [4.78, 5) is 11.8. The maximum absolute atomic E-state index is 12.8. The van der Waals surface area contributed by atoms with Gasteiger partial charge in [-0.15, -0.1) is 0 Å². The smallest absolute Gasteiger partial charge is 0.352 e. The minimum atomic E-state index is -4.56. The minimum absolute atomic E-state index is 0.0212. The number of hydrazine groups is 1. The van der Waals surface area contributed by atoms with E-state index in [-0.39, 0.29) is 11.3 Å². The minimum Gasteiger partial charge on any atom is -0.352 e. The molecule has 20 heavy (non-hydrogen) atoms. The Kier molecular flexibility index (Phi) is 4.17. The first-order valence-electron chi connectivity index (χ1n) is 6.38. The van der Waals surface area contributed by atoms with Gasteiger partial charge in [-0.2, -0.15) is 13.2 Å². The number of carbonyl (C=O) groups excluding carboxylic acids is 1. The van der Waals surface area contributed by atoms with Crippen LogP contribution in [0.4, 0.5) is 18.9 Å². The molecule has 4 N–H and O–H groups in total. The number of carbonyl (C=O) groups is 1. The summed E-state index contributed by atoms with van der Waals surface area (Å²) in [7, 11) is 0. The van der Waals surface area contributed by atoms with E-state index in [9.17, 15) is 18.0 Å². The molecule has 0 aliphatic heterocycles. The lowest BCUT2D eigenvalue weighted by atomic mass is 10.1. The summed E-state index contributed by atoms with van der Waals surface area (Å²) in [5, 5.41) is 2.63. The van der Waals surface area contributed by atoms with Gasteiger partial charge >= 0.3 is 6.18 Å². The third-order valence-electron chi connectivity index (χ3n) is 3.28. The highest BCUT2D eigenvalue weighted by Crippen LogP contribution is 2.35. The molecule has 1 fully saturated rings. The highest BCUT2D eigenvalue weighted by Gasteiger charge is 2.34. The van der Waals surface area contributed by atoms with Crippen LogP contribution in [0.2, 0.25) is 0 Å². The average molecular weight is 287 g/mol. The molecule has 0 saturated heterocycles. The molecule has 0 atom stereocenters. The Morgan fingerprint density at radius 2 is 2.05 bits per heavy atom. The molecule has 0 spiro atoms. The molecule has 110 valence electrons. The predicted octanol–water partition coefficient (Wildman–Crippen LogP) is 2.52. The van der Waals surface area contributed by atoms with E-state index < -0.39 is 17.6 Å². The number of nitrogens with two attached hydrogens (primary N) is 1. The van der Waals surface area contributed by atoms with Crippen LogP contribution >= 0.6 is 0 Å². The summed E-state index contributed by atoms with van der Waals surface area (Å²) in [5.41, 5.74) is 0.755. The van der Waals surface area contributed by atoms with Crippen molar-refractivity contribution >= 4 is 11.6 Å². The Hall–Kier alpha value is -1.76. The van der Waals surface area contributed by atoms with Crippen molar-refractivity contribution in [3.8, 4) is 0 Å². The van der Waals surface area contributed by atoms with Crippen molar-refractivity contribution in [1.29, 1.82) is 0 Å². The molecule has 2 rings (SSSR count). The number of amides is 1. The van der Waals surface area contributed by atoms with Crippen molar-refractivity contribution in [1.82, 2.24) is 5.32 Å². The first kappa shape index (κ1) is 14.6. The van der Waals surface area contributed by atoms with E-state index in [0.29, 0.717) is 12.5 Å². The first-order chi connectivity index (χ1) is 9.41. The lowest BCUT2D eigenvalue weighted by molar-refractivity contribution is -0.137. The van der Waals surface area contributed by atoms with E-state index in [2.05, 4.69) is 5.32 Å². The summed E-state index contributed by atoms with van der Waals surface area (Å²) in [6.45, 7) is 0.488. The molecule has 0 aromatic heterocycles. The van der Waals surface area contributed by atoms with Crippen LogP contribution in [0.5, 0.6) is 0 Å². The highest BCUT2D eigenvalue weighted by atomic mass is 19.4. The molecule has 1 aliphatic carbocycles. The van der Waals surface area contributed by atoms with Crippen LogP contribution in [-0.4, -0.2) is 12.5 Å². The van der Waals surface area contributed by atoms with Crippen molar-refractivity contribution in [2.45, 2.75) is 25.4 Å². The monoisotopic (exact) mass is 287 g/mol. The number of hydrogen-bond donors (Lipinski definition) is 3. The van der Waals surface area contributed by atoms with Crippen molar-refractivity contribution in [3.05, 3.63) is 29.3 Å². The van der Waals surface area contributed by atoms with Crippen LogP contribution in [0, 0.1) is 5.92 Å². The molecule has 7 heteroatoms. The third kappa shape index (κ3) is 3.63. The van der Waals surface area contributed by atoms with E-state index >= 15 is 0 Å². The van der Waals surface area contributed by atoms with Crippen LogP contribution in [0.25, 0.3) is 0 Å². The molecule has 0 unspecified atom stereocenters. The first-order valence-corrected chi connectivity index (χ1v) is 6.38. The summed E-state index contributed by atoms with van der Waals surface area (Å²) < 4.78 is 38.5. The predicted molar refractivity (Wildman–Crippen MR) is 68.9 cm³/mol. The van der Waals surface area contributed by atoms with Crippen molar-refractivity contribution < 1.29 is 18.0 Å². The van der Waals surface area contributed by atoms with Crippen LogP contribution in [0.15, 0.2) is 18.2 Å². The van der Waals surface area contributed by atoms with E-state index in [4.69, 9.17) is 5.84 Å². The van der Waals surface area contributed by atoms with Gasteiger partial charge in [0.15, 0.2) is 0 Å². The number of nitrogen functional groups attached to an aromatic ring is 1. The zero-order valence-corrected chi connectivity index (χ0v) is 10.8. The summed E-state index contributed by atoms with van der Waals surface area (Å²) >= 11 is 0. The largest absolute Gasteiger partial charge is 0.418 e. The topological polar surface area (TPSA) is 67.1 Å². The Morgan fingerprint density at radius 1 is 1.35 bits per heavy atom. The number of rotatable bonds is 5. The van der Waals surface area contributed by atoms with Crippen LogP contribution in [0.3, 0.4) is 0 Å². The average Bonchev–Trinajstić information content (AvgIpc) is 3.21. The number of nitrogens with one attached hydrogen (secondary N) is 2. The molecule has 1 aromatic carbocycles. The molecule has 1 aromatic rings. The van der Waals surface area contributed by atoms with Crippen LogP contribution in [-0.2, 0) is 6.18 Å². The summed E-state index contributed by atoms with van der Waals surface area (Å²) in [6, 6.07) is 3.27. The Morgan fingerprint density at radius 3 is 2.60 bits per heavy atom. The fourth-order valence-corrected chi connectivity index (χ4v) is 1.94. The van der Waals surface area contributed by atoms with Crippen LogP contribution in [0.1, 0.15) is 35.2 Å². The molecule has 1 amide bonds. The number of benzene rings is 1. The third-order valence-corrected chi connectivity index (χ3v) is 3.28. The second kappa shape index (κ2) is 5.70. The fourth-order valence-electron chi connectivity index (χ4n) is 1.94. The number of anilines is 1. The van der Waals surface area contributed by atoms with Gasteiger partial charge in [-0.1, -0.05) is 12.8 Å². The SMILES string of the molecule is NNc1ccc(C(=O)NCCC2CC2)cc1C(F)(F)F. The van der Waals surface area contributed by atoms with E-state index in [1.807, 2.05) is 5.43 Å². The van der Waals surface area contributed by atoms with Crippen LogP contribution < -0.4 is 16.6 Å². The molecule has 0 heterocycles. The molecule has 1 aliphatic rings. The highest BCUT2D eigenvalue weighted by molar-refractivity contribution is 5.94. The number of alkyl halides is 3. The molecule has 1 saturated carbocycles. The van der Waals surface area contributed by atoms with Gasteiger partial charge in [0.05, 0.1) is 11.3 Å². The van der Waals surface area contributed by atoms with Gasteiger partial charge in [-0.25, -0.2) is 0 Å². The maximum Gasteiger partial charge on any atom is 0.418 e. The lowest BCUT2D eigenvalue weighted by Crippen LogP contribution is -2.25. The molecular formula is C13H16F3N3O. The Balaban J connectivity index is 2.08. The molecule has 0 radical (unpaired) electrons. The summed E-state index contributed by atoms with van der Waals surface area (Å²) in [5.74, 6) is 5.20. The van der Waals surface area contributed by atoms with E-state index in [0.717, 1.165) is 18.6 Å². The van der Waals surface area contributed by atoms with Gasteiger partial charge in [0, 0.05) is 12.1 Å². The number of halogens is 3. The van der Waals surface area contributed by atoms with Crippen molar-refractivity contribution in [2.75, 3.05) is 12.0 Å². The Bertz CT molecular complexity index is 498. The fraction of sp³-hybridized carbons (Fsp3) is 0.462. The van der Waals surface area contributed by atoms with Gasteiger partial charge in [0.25, 0.3) is 5.91 Å². The van der Waals surface area contributed by atoms with Gasteiger partial charge in [-0.05, 0) is 30.5 Å². The zero-order chi connectivity index (χ0) is 14.8. The van der Waals surface area contributed by atoms with Gasteiger partial charge < -0.3 is 10.7 Å². The van der Waals surface area contributed by atoms with Gasteiger partial charge in [0.1, 0.15) is 0 Å². The lowest BCUT2D eigenvalue weighted by Gasteiger charge is -2.14. The molecular weight excluding hydrogens is 271 g/mol. The van der Waals surface area contributed by atoms with Crippen molar-refractivity contribution in [2.24, 2.45) is 11.8 Å². The quantitative estimate of drug-likeness (QED) is 0.576. The maximum atomic E-state index is 12.8. The van der Waals surface area contributed by atoms with E-state index in [1.54, 1.807) is 0 Å². The number of hydrogen-bond acceptors (Lipinski definition) is 3. The van der Waals surface area contributed by atoms with E-state index in [1.165, 1.54) is 18.9 Å². The second-order valence-corrected chi connectivity index (χ2v) is 4.89. The van der Waals surface area contributed by atoms with Gasteiger partial charge in [0.2, 0.25) is 0 Å². The normalized spacial score (nSPS) is 15.0. The standard InChI is InChI=1S/C13H16F3N3O/c14-13(15,16)10-7-9(3-4-11(10)19-17)12(20)18-6-5-8-1-2-8/h3-4,7-8,19H,1-2,5-6,17H2,(H,18,20). The Labute approximate surface area is 114 Å². The molecule has 4 nitrogen and oxygen atoms in total. The van der Waals surface area contributed by atoms with Gasteiger partial charge in [-0.3, -0.25) is 10.6 Å².